The summed E-state index contributed by atoms with van der Waals surface area (Å²) in [5.41, 5.74) is 0.790. The third kappa shape index (κ3) is 3.68. The molecule has 0 unspecified atom stereocenters. The van der Waals surface area contributed by atoms with Gasteiger partial charge in [0.1, 0.15) is 11.9 Å². The number of carbonyl (C=O) groups excluding carboxylic acids is 1. The largest absolute Gasteiger partial charge is 0.504 e. The van der Waals surface area contributed by atoms with Crippen molar-refractivity contribution in [3.63, 3.8) is 0 Å². The van der Waals surface area contributed by atoms with E-state index >= 15 is 0 Å². The van der Waals surface area contributed by atoms with E-state index in [2.05, 4.69) is 0 Å². The third-order valence-corrected chi connectivity index (χ3v) is 4.97. The van der Waals surface area contributed by atoms with E-state index in [1.165, 1.54) is 12.1 Å². The number of hydrogen-bond donors (Lipinski definition) is 6. The van der Waals surface area contributed by atoms with E-state index in [-0.39, 0.29) is 17.5 Å². The molecule has 1 heterocycles. The minimum Gasteiger partial charge on any atom is -0.504 e. The molecule has 0 radical (unpaired) electrons. The SMILES string of the molecule is O=C(O[C@@H]1Cc2ccccc2O[C@@H]1c1cc(O)c(O)c(O)c1)c1cc(O)c(O)c(O)c1. The normalized spacial score (nSPS) is 17.4. The van der Waals surface area contributed by atoms with Crippen molar-refractivity contribution in [3.05, 3.63) is 65.2 Å². The molecule has 31 heavy (non-hydrogen) atoms. The van der Waals surface area contributed by atoms with Gasteiger partial charge in [0.05, 0.1) is 5.56 Å². The van der Waals surface area contributed by atoms with E-state index in [4.69, 9.17) is 9.47 Å². The van der Waals surface area contributed by atoms with E-state index in [9.17, 15) is 35.4 Å². The molecule has 0 amide bonds. The Morgan fingerprint density at radius 3 is 2.00 bits per heavy atom. The Morgan fingerprint density at radius 2 is 1.39 bits per heavy atom. The Labute approximate surface area is 175 Å². The quantitative estimate of drug-likeness (QED) is 0.274. The van der Waals surface area contributed by atoms with Gasteiger partial charge in [-0.05, 0) is 35.9 Å². The number of rotatable bonds is 3. The van der Waals surface area contributed by atoms with Crippen LogP contribution in [0.5, 0.6) is 40.2 Å². The lowest BCUT2D eigenvalue weighted by Crippen LogP contribution is -2.34. The summed E-state index contributed by atoms with van der Waals surface area (Å²) in [5, 5.41) is 58.2. The van der Waals surface area contributed by atoms with Crippen molar-refractivity contribution in [1.29, 1.82) is 0 Å². The summed E-state index contributed by atoms with van der Waals surface area (Å²) >= 11 is 0. The lowest BCUT2D eigenvalue weighted by molar-refractivity contribution is -0.0184. The summed E-state index contributed by atoms with van der Waals surface area (Å²) in [7, 11) is 0. The second-order valence-corrected chi connectivity index (χ2v) is 7.06. The van der Waals surface area contributed by atoms with Crippen molar-refractivity contribution in [1.82, 2.24) is 0 Å². The van der Waals surface area contributed by atoms with Crippen molar-refractivity contribution in [2.75, 3.05) is 0 Å². The molecule has 160 valence electrons. The maximum atomic E-state index is 12.7. The molecule has 0 spiro atoms. The molecule has 6 N–H and O–H groups in total. The van der Waals surface area contributed by atoms with Crippen molar-refractivity contribution in [2.24, 2.45) is 0 Å². The topological polar surface area (TPSA) is 157 Å². The van der Waals surface area contributed by atoms with Crippen molar-refractivity contribution in [3.8, 4) is 40.2 Å². The lowest BCUT2D eigenvalue weighted by atomic mass is 9.94. The molecule has 0 fully saturated rings. The van der Waals surface area contributed by atoms with Gasteiger partial charge in [-0.2, -0.15) is 0 Å². The average Bonchev–Trinajstić information content (AvgIpc) is 2.74. The summed E-state index contributed by atoms with van der Waals surface area (Å²) in [6.45, 7) is 0. The number of hydrogen-bond acceptors (Lipinski definition) is 9. The number of aromatic hydroxyl groups is 6. The van der Waals surface area contributed by atoms with Gasteiger partial charge in [0, 0.05) is 12.0 Å². The molecule has 0 saturated heterocycles. The molecule has 3 aromatic carbocycles. The number of fused-ring (bicyclic) bond motifs is 1. The number of esters is 1. The fraction of sp³-hybridized carbons (Fsp3) is 0.136. The summed E-state index contributed by atoms with van der Waals surface area (Å²) in [6.07, 6.45) is -1.65. The van der Waals surface area contributed by atoms with E-state index < -0.39 is 52.7 Å². The zero-order chi connectivity index (χ0) is 22.3. The van der Waals surface area contributed by atoms with E-state index in [0.717, 1.165) is 17.7 Å². The van der Waals surface area contributed by atoms with Gasteiger partial charge in [-0.1, -0.05) is 18.2 Å². The minimum atomic E-state index is -0.949. The van der Waals surface area contributed by atoms with Gasteiger partial charge in [-0.25, -0.2) is 4.79 Å². The first-order valence-electron chi connectivity index (χ1n) is 9.20. The van der Waals surface area contributed by atoms with Crippen LogP contribution in [0.1, 0.15) is 27.6 Å². The first-order valence-corrected chi connectivity index (χ1v) is 9.20. The Morgan fingerprint density at radius 1 is 0.839 bits per heavy atom. The lowest BCUT2D eigenvalue weighted by Gasteiger charge is -2.33. The molecule has 9 heteroatoms. The highest BCUT2D eigenvalue weighted by Crippen LogP contribution is 2.43. The molecule has 0 bridgehead atoms. The maximum absolute atomic E-state index is 12.7. The third-order valence-electron chi connectivity index (χ3n) is 4.97. The molecule has 0 saturated carbocycles. The first kappa shape index (κ1) is 20.0. The smallest absolute Gasteiger partial charge is 0.338 e. The fourth-order valence-corrected chi connectivity index (χ4v) is 3.43. The molecular formula is C22H18O9. The Hall–Kier alpha value is -4.27. The number of carbonyl (C=O) groups is 1. The molecule has 2 atom stereocenters. The van der Waals surface area contributed by atoms with E-state index in [1.807, 2.05) is 0 Å². The highest BCUT2D eigenvalue weighted by atomic mass is 16.6. The van der Waals surface area contributed by atoms with Crippen LogP contribution in [0.2, 0.25) is 0 Å². The molecule has 3 aromatic rings. The zero-order valence-electron chi connectivity index (χ0n) is 15.9. The van der Waals surface area contributed by atoms with Crippen LogP contribution in [-0.2, 0) is 11.2 Å². The Balaban J connectivity index is 1.70. The highest BCUT2D eigenvalue weighted by Gasteiger charge is 2.35. The predicted octanol–water partition coefficient (Wildman–Crippen LogP) is 2.82. The number of phenols is 6. The second-order valence-electron chi connectivity index (χ2n) is 7.06. The molecule has 4 rings (SSSR count). The van der Waals surface area contributed by atoms with Crippen LogP contribution in [0.15, 0.2) is 48.5 Å². The maximum Gasteiger partial charge on any atom is 0.338 e. The number of benzene rings is 3. The number of ether oxygens (including phenoxy) is 2. The molecule has 1 aliphatic rings. The van der Waals surface area contributed by atoms with Crippen LogP contribution in [0.3, 0.4) is 0 Å². The number of para-hydroxylation sites is 1. The van der Waals surface area contributed by atoms with Gasteiger partial charge < -0.3 is 40.1 Å². The van der Waals surface area contributed by atoms with Crippen LogP contribution < -0.4 is 4.74 Å². The summed E-state index contributed by atoms with van der Waals surface area (Å²) in [4.78, 5) is 12.7. The van der Waals surface area contributed by atoms with E-state index in [0.29, 0.717) is 5.75 Å². The summed E-state index contributed by atoms with van der Waals surface area (Å²) < 4.78 is 11.5. The summed E-state index contributed by atoms with van der Waals surface area (Å²) in [5.74, 6) is -4.37. The van der Waals surface area contributed by atoms with Gasteiger partial charge in [0.15, 0.2) is 40.6 Å². The average molecular weight is 426 g/mol. The van der Waals surface area contributed by atoms with Gasteiger partial charge in [0.25, 0.3) is 0 Å². The van der Waals surface area contributed by atoms with Crippen molar-refractivity contribution < 1.29 is 44.9 Å². The molecule has 9 nitrogen and oxygen atoms in total. The first-order chi connectivity index (χ1) is 14.7. The standard InChI is InChI=1S/C22H18O9/c23-13-5-11(6-14(24)19(13)27)21-18(9-10-3-1-2-4-17(10)30-21)31-22(29)12-7-15(25)20(28)16(26)8-12/h1-8,18,21,23-28H,9H2/t18-,21-/m1/s1. The van der Waals surface area contributed by atoms with Crippen LogP contribution in [0, 0.1) is 0 Å². The van der Waals surface area contributed by atoms with Crippen LogP contribution in [-0.4, -0.2) is 42.7 Å². The number of phenolic OH excluding ortho intramolecular Hbond substituents is 6. The Kier molecular flexibility index (Phi) is 4.86. The monoisotopic (exact) mass is 426 g/mol. The molecule has 0 aromatic heterocycles. The molecule has 0 aliphatic carbocycles. The molecule has 1 aliphatic heterocycles. The second kappa shape index (κ2) is 7.52. The van der Waals surface area contributed by atoms with Gasteiger partial charge >= 0.3 is 5.97 Å². The summed E-state index contributed by atoms with van der Waals surface area (Å²) in [6, 6.07) is 11.3. The Bertz CT molecular complexity index is 1130. The minimum absolute atomic E-state index is 0.207. The predicted molar refractivity (Wildman–Crippen MR) is 106 cm³/mol. The van der Waals surface area contributed by atoms with Crippen LogP contribution in [0.25, 0.3) is 0 Å². The van der Waals surface area contributed by atoms with Crippen molar-refractivity contribution in [2.45, 2.75) is 18.6 Å². The van der Waals surface area contributed by atoms with Crippen molar-refractivity contribution >= 4 is 5.97 Å². The van der Waals surface area contributed by atoms with Crippen LogP contribution in [0.4, 0.5) is 0 Å². The fourth-order valence-electron chi connectivity index (χ4n) is 3.43. The highest BCUT2D eigenvalue weighted by molar-refractivity contribution is 5.91. The van der Waals surface area contributed by atoms with Gasteiger partial charge in [0.2, 0.25) is 0 Å². The zero-order valence-corrected chi connectivity index (χ0v) is 15.9. The van der Waals surface area contributed by atoms with Gasteiger partial charge in [-0.15, -0.1) is 0 Å². The van der Waals surface area contributed by atoms with Crippen LogP contribution >= 0.6 is 0 Å². The van der Waals surface area contributed by atoms with Gasteiger partial charge in [-0.3, -0.25) is 0 Å². The molecular weight excluding hydrogens is 408 g/mol. The van der Waals surface area contributed by atoms with E-state index in [1.54, 1.807) is 24.3 Å².